The molecular weight excluding hydrogens is 244 g/mol. The average Bonchev–Trinajstić information content (AvgIpc) is 2.74. The third-order valence-corrected chi connectivity index (χ3v) is 4.69. The highest BCUT2D eigenvalue weighted by Crippen LogP contribution is 2.25. The van der Waals surface area contributed by atoms with E-state index in [1.807, 2.05) is 0 Å². The monoisotopic (exact) mass is 274 g/mol. The first-order chi connectivity index (χ1) is 9.66. The third kappa shape index (κ3) is 4.52. The maximum Gasteiger partial charge on any atom is 0.0361 e. The Bertz CT molecular complexity index is 375. The van der Waals surface area contributed by atoms with Gasteiger partial charge in [-0.15, -0.1) is 0 Å². The van der Waals surface area contributed by atoms with Gasteiger partial charge in [-0.05, 0) is 43.4 Å². The van der Waals surface area contributed by atoms with E-state index in [-0.39, 0.29) is 0 Å². The molecule has 0 spiro atoms. The van der Waals surface area contributed by atoms with Crippen LogP contribution in [0.1, 0.15) is 51.0 Å². The van der Waals surface area contributed by atoms with Gasteiger partial charge in [-0.2, -0.15) is 0 Å². The van der Waals surface area contributed by atoms with Gasteiger partial charge in [0.15, 0.2) is 0 Å². The number of hydrogen-bond donors (Lipinski definition) is 1. The Labute approximate surface area is 124 Å². The van der Waals surface area contributed by atoms with Crippen LogP contribution in [0, 0.1) is 5.92 Å². The van der Waals surface area contributed by atoms with Crippen LogP contribution < -0.4 is 10.2 Å². The van der Waals surface area contributed by atoms with Crippen molar-refractivity contribution in [1.29, 1.82) is 0 Å². The van der Waals surface area contributed by atoms with Gasteiger partial charge >= 0.3 is 0 Å². The quantitative estimate of drug-likeness (QED) is 0.810. The first-order valence-corrected chi connectivity index (χ1v) is 8.16. The molecule has 0 heterocycles. The zero-order chi connectivity index (χ0) is 14.4. The molecule has 1 atom stereocenters. The number of nitrogens with zero attached hydrogens (tertiary/aromatic N) is 1. The molecule has 0 saturated heterocycles. The summed E-state index contributed by atoms with van der Waals surface area (Å²) < 4.78 is 0. The predicted molar refractivity (Wildman–Crippen MR) is 88.3 cm³/mol. The Morgan fingerprint density at radius 2 is 1.65 bits per heavy atom. The van der Waals surface area contributed by atoms with E-state index in [1.165, 1.54) is 49.8 Å². The average molecular weight is 274 g/mol. The van der Waals surface area contributed by atoms with Gasteiger partial charge in [-0.25, -0.2) is 0 Å². The van der Waals surface area contributed by atoms with Crippen LogP contribution >= 0.6 is 0 Å². The van der Waals surface area contributed by atoms with Crippen LogP contribution in [0.2, 0.25) is 0 Å². The van der Waals surface area contributed by atoms with Gasteiger partial charge < -0.3 is 10.2 Å². The van der Waals surface area contributed by atoms with Crippen molar-refractivity contribution in [2.75, 3.05) is 19.0 Å². The Morgan fingerprint density at radius 3 is 2.20 bits per heavy atom. The molecular formula is C18H30N2. The van der Waals surface area contributed by atoms with Crippen molar-refractivity contribution in [3.63, 3.8) is 0 Å². The van der Waals surface area contributed by atoms with Gasteiger partial charge in [0.1, 0.15) is 0 Å². The zero-order valence-corrected chi connectivity index (χ0v) is 13.4. The predicted octanol–water partition coefficient (Wildman–Crippen LogP) is 4.20. The summed E-state index contributed by atoms with van der Waals surface area (Å²) in [5.41, 5.74) is 2.65. The summed E-state index contributed by atoms with van der Waals surface area (Å²) in [4.78, 5) is 2.14. The van der Waals surface area contributed by atoms with E-state index in [1.54, 1.807) is 0 Å². The van der Waals surface area contributed by atoms with Gasteiger partial charge in [0.2, 0.25) is 0 Å². The van der Waals surface area contributed by atoms with Crippen molar-refractivity contribution in [2.24, 2.45) is 5.92 Å². The fourth-order valence-corrected chi connectivity index (χ4v) is 3.17. The molecule has 0 unspecified atom stereocenters. The summed E-state index contributed by atoms with van der Waals surface area (Å²) >= 11 is 0. The van der Waals surface area contributed by atoms with Crippen LogP contribution in [-0.2, 0) is 6.54 Å². The van der Waals surface area contributed by atoms with Gasteiger partial charge in [0.25, 0.3) is 0 Å². The SMILES string of the molecule is C[C@H](NCc1ccc(N(C)C)cc1)C1CCCCCC1. The molecule has 1 saturated carbocycles. The lowest BCUT2D eigenvalue weighted by atomic mass is 9.93. The number of benzene rings is 1. The lowest BCUT2D eigenvalue weighted by molar-refractivity contribution is 0.336. The summed E-state index contributed by atoms with van der Waals surface area (Å²) in [6.07, 6.45) is 8.55. The van der Waals surface area contributed by atoms with E-state index in [0.717, 1.165) is 12.5 Å². The number of hydrogen-bond acceptors (Lipinski definition) is 2. The second-order valence-electron chi connectivity index (χ2n) is 6.48. The molecule has 1 fully saturated rings. The summed E-state index contributed by atoms with van der Waals surface area (Å²) in [6.45, 7) is 3.36. The fourth-order valence-electron chi connectivity index (χ4n) is 3.17. The summed E-state index contributed by atoms with van der Waals surface area (Å²) in [5, 5.41) is 3.73. The normalized spacial score (nSPS) is 18.6. The smallest absolute Gasteiger partial charge is 0.0361 e. The third-order valence-electron chi connectivity index (χ3n) is 4.69. The maximum atomic E-state index is 3.73. The zero-order valence-electron chi connectivity index (χ0n) is 13.4. The van der Waals surface area contributed by atoms with E-state index >= 15 is 0 Å². The van der Waals surface area contributed by atoms with Crippen LogP contribution in [0.5, 0.6) is 0 Å². The standard InChI is InChI=1S/C18H30N2/c1-15(17-8-6-4-5-7-9-17)19-14-16-10-12-18(13-11-16)20(2)3/h10-13,15,17,19H,4-9,14H2,1-3H3/t15-/m0/s1. The van der Waals surface area contributed by atoms with Crippen molar-refractivity contribution < 1.29 is 0 Å². The van der Waals surface area contributed by atoms with Gasteiger partial charge in [-0.1, -0.05) is 37.8 Å². The highest BCUT2D eigenvalue weighted by molar-refractivity contribution is 5.45. The van der Waals surface area contributed by atoms with Crippen molar-refractivity contribution in [3.05, 3.63) is 29.8 Å². The highest BCUT2D eigenvalue weighted by Gasteiger charge is 2.18. The number of rotatable bonds is 5. The van der Waals surface area contributed by atoms with Crippen molar-refractivity contribution in [3.8, 4) is 0 Å². The lowest BCUT2D eigenvalue weighted by Crippen LogP contribution is -2.32. The van der Waals surface area contributed by atoms with E-state index < -0.39 is 0 Å². The van der Waals surface area contributed by atoms with Crippen LogP contribution in [0.3, 0.4) is 0 Å². The summed E-state index contributed by atoms with van der Waals surface area (Å²) in [5.74, 6) is 0.874. The molecule has 1 aliphatic carbocycles. The van der Waals surface area contributed by atoms with Crippen molar-refractivity contribution in [1.82, 2.24) is 5.32 Å². The minimum atomic E-state index is 0.640. The Balaban J connectivity index is 1.81. The van der Waals surface area contributed by atoms with Crippen LogP contribution in [0.25, 0.3) is 0 Å². The van der Waals surface area contributed by atoms with Gasteiger partial charge in [0, 0.05) is 32.4 Å². The second kappa shape index (κ2) is 7.68. The first-order valence-electron chi connectivity index (χ1n) is 8.16. The molecule has 0 amide bonds. The fraction of sp³-hybridized carbons (Fsp3) is 0.667. The van der Waals surface area contributed by atoms with E-state index in [2.05, 4.69) is 55.5 Å². The van der Waals surface area contributed by atoms with Crippen LogP contribution in [-0.4, -0.2) is 20.1 Å². The Hall–Kier alpha value is -1.02. The summed E-state index contributed by atoms with van der Waals surface area (Å²) in [6, 6.07) is 9.52. The molecule has 112 valence electrons. The molecule has 0 aliphatic heterocycles. The van der Waals surface area contributed by atoms with Crippen LogP contribution in [0.15, 0.2) is 24.3 Å². The van der Waals surface area contributed by atoms with Gasteiger partial charge in [-0.3, -0.25) is 0 Å². The van der Waals surface area contributed by atoms with E-state index in [9.17, 15) is 0 Å². The van der Waals surface area contributed by atoms with E-state index in [0.29, 0.717) is 6.04 Å². The molecule has 1 aromatic carbocycles. The van der Waals surface area contributed by atoms with Gasteiger partial charge in [0.05, 0.1) is 0 Å². The minimum Gasteiger partial charge on any atom is -0.378 e. The molecule has 2 heteroatoms. The highest BCUT2D eigenvalue weighted by atomic mass is 15.1. The first kappa shape index (κ1) is 15.4. The maximum absolute atomic E-state index is 3.73. The molecule has 0 aromatic heterocycles. The number of nitrogens with one attached hydrogen (secondary N) is 1. The largest absolute Gasteiger partial charge is 0.378 e. The Morgan fingerprint density at radius 1 is 1.05 bits per heavy atom. The molecule has 1 aromatic rings. The molecule has 2 rings (SSSR count). The minimum absolute atomic E-state index is 0.640. The molecule has 1 N–H and O–H groups in total. The molecule has 0 bridgehead atoms. The molecule has 1 aliphatic rings. The van der Waals surface area contributed by atoms with Crippen molar-refractivity contribution in [2.45, 2.75) is 58.0 Å². The molecule has 0 radical (unpaired) electrons. The van der Waals surface area contributed by atoms with Crippen LogP contribution in [0.4, 0.5) is 5.69 Å². The lowest BCUT2D eigenvalue weighted by Gasteiger charge is -2.24. The van der Waals surface area contributed by atoms with E-state index in [4.69, 9.17) is 0 Å². The Kier molecular flexibility index (Phi) is 5.90. The molecule has 20 heavy (non-hydrogen) atoms. The van der Waals surface area contributed by atoms with Crippen molar-refractivity contribution >= 4 is 5.69 Å². The summed E-state index contributed by atoms with van der Waals surface area (Å²) in [7, 11) is 4.17. The topological polar surface area (TPSA) is 15.3 Å². The number of anilines is 1. The molecule has 2 nitrogen and oxygen atoms in total. The second-order valence-corrected chi connectivity index (χ2v) is 6.48.